The summed E-state index contributed by atoms with van der Waals surface area (Å²) >= 11 is 0. The Morgan fingerprint density at radius 1 is 0.867 bits per heavy atom. The van der Waals surface area contributed by atoms with Gasteiger partial charge in [-0.3, -0.25) is 14.4 Å². The van der Waals surface area contributed by atoms with Gasteiger partial charge in [0.2, 0.25) is 5.91 Å². The predicted octanol–water partition coefficient (Wildman–Crippen LogP) is 5.08. The maximum Gasteiger partial charge on any atom is 0.408 e. The first kappa shape index (κ1) is 31.7. The molecule has 9 nitrogen and oxygen atoms in total. The summed E-state index contributed by atoms with van der Waals surface area (Å²) in [6, 6.07) is 24.8. The van der Waals surface area contributed by atoms with Crippen molar-refractivity contribution in [3.05, 3.63) is 108 Å². The number of carbonyl (C=O) groups excluding carboxylic acids is 4. The SMILES string of the molecule is CC[C@@H](NC(=O)OCc1ccccc1)C(=O)C[C@@H](Cc1c[nH]c2ccccc12)C(=O)N[C@@H](Cc1ccccc1)C(=O)[C@@]1(C)CO1. The van der Waals surface area contributed by atoms with Crippen molar-refractivity contribution in [3.8, 4) is 0 Å². The molecule has 9 heteroatoms. The molecule has 4 atom stereocenters. The molecule has 0 radical (unpaired) electrons. The van der Waals surface area contributed by atoms with Gasteiger partial charge in [0.05, 0.1) is 18.7 Å². The fourth-order valence-electron chi connectivity index (χ4n) is 5.49. The molecule has 1 fully saturated rings. The fraction of sp³-hybridized carbons (Fsp3) is 0.333. The van der Waals surface area contributed by atoms with Crippen LogP contribution in [0.3, 0.4) is 0 Å². The minimum atomic E-state index is -0.938. The summed E-state index contributed by atoms with van der Waals surface area (Å²) in [6.07, 6.45) is 1.88. The predicted molar refractivity (Wildman–Crippen MR) is 170 cm³/mol. The van der Waals surface area contributed by atoms with Crippen LogP contribution in [-0.4, -0.2) is 52.8 Å². The van der Waals surface area contributed by atoms with Crippen LogP contribution in [0.1, 0.15) is 43.4 Å². The first-order valence-electron chi connectivity index (χ1n) is 15.3. The first-order chi connectivity index (χ1) is 21.8. The Morgan fingerprint density at radius 2 is 1.51 bits per heavy atom. The van der Waals surface area contributed by atoms with Crippen molar-refractivity contribution < 1.29 is 28.7 Å². The molecular weight excluding hydrogens is 570 g/mol. The molecule has 1 aliphatic rings. The minimum absolute atomic E-state index is 0.0718. The molecule has 0 aliphatic carbocycles. The van der Waals surface area contributed by atoms with E-state index < -0.39 is 35.6 Å². The van der Waals surface area contributed by atoms with Crippen molar-refractivity contribution in [2.45, 2.75) is 63.8 Å². The second-order valence-corrected chi connectivity index (χ2v) is 11.7. The molecule has 0 unspecified atom stereocenters. The zero-order valence-electron chi connectivity index (χ0n) is 25.6. The summed E-state index contributed by atoms with van der Waals surface area (Å²) in [5.41, 5.74) is 2.58. The van der Waals surface area contributed by atoms with E-state index in [0.29, 0.717) is 19.4 Å². The van der Waals surface area contributed by atoms with Crippen LogP contribution >= 0.6 is 0 Å². The Bertz CT molecular complexity index is 1630. The van der Waals surface area contributed by atoms with Gasteiger partial charge in [-0.15, -0.1) is 0 Å². The number of amides is 2. The highest BCUT2D eigenvalue weighted by molar-refractivity contribution is 5.98. The topological polar surface area (TPSA) is 130 Å². The van der Waals surface area contributed by atoms with Gasteiger partial charge in [-0.25, -0.2) is 4.79 Å². The average molecular weight is 610 g/mol. The summed E-state index contributed by atoms with van der Waals surface area (Å²) in [6.45, 7) is 3.89. The van der Waals surface area contributed by atoms with Crippen LogP contribution in [0, 0.1) is 5.92 Å². The number of hydrogen-bond acceptors (Lipinski definition) is 6. The van der Waals surface area contributed by atoms with Gasteiger partial charge in [0, 0.05) is 29.4 Å². The molecule has 3 N–H and O–H groups in total. The second kappa shape index (κ2) is 14.3. The third-order valence-electron chi connectivity index (χ3n) is 8.28. The van der Waals surface area contributed by atoms with E-state index in [0.717, 1.165) is 27.6 Å². The van der Waals surface area contributed by atoms with E-state index in [4.69, 9.17) is 9.47 Å². The number of rotatable bonds is 15. The second-order valence-electron chi connectivity index (χ2n) is 11.7. The van der Waals surface area contributed by atoms with Crippen molar-refractivity contribution in [1.29, 1.82) is 0 Å². The normalized spacial score (nSPS) is 17.6. The van der Waals surface area contributed by atoms with Crippen LogP contribution < -0.4 is 10.6 Å². The van der Waals surface area contributed by atoms with E-state index in [2.05, 4.69) is 15.6 Å². The quantitative estimate of drug-likeness (QED) is 0.161. The smallest absolute Gasteiger partial charge is 0.408 e. The van der Waals surface area contributed by atoms with Gasteiger partial charge >= 0.3 is 6.09 Å². The van der Waals surface area contributed by atoms with Crippen LogP contribution in [0.15, 0.2) is 91.1 Å². The highest BCUT2D eigenvalue weighted by Gasteiger charge is 2.50. The number of alkyl carbamates (subject to hydrolysis) is 1. The Labute approximate surface area is 262 Å². The molecule has 0 saturated carbocycles. The summed E-state index contributed by atoms with van der Waals surface area (Å²) < 4.78 is 10.8. The number of H-pyrrole nitrogens is 1. The molecular formula is C36H39N3O6. The molecule has 1 aromatic heterocycles. The number of epoxide rings is 1. The summed E-state index contributed by atoms with van der Waals surface area (Å²) in [5, 5.41) is 6.59. The Morgan fingerprint density at radius 3 is 2.18 bits per heavy atom. The maximum absolute atomic E-state index is 14.0. The van der Waals surface area contributed by atoms with Crippen molar-refractivity contribution in [2.24, 2.45) is 5.92 Å². The Balaban J connectivity index is 1.33. The van der Waals surface area contributed by atoms with Crippen molar-refractivity contribution >= 4 is 34.5 Å². The third-order valence-corrected chi connectivity index (χ3v) is 8.28. The number of benzene rings is 3. The molecule has 5 rings (SSSR count). The lowest BCUT2D eigenvalue weighted by Crippen LogP contribution is -2.50. The zero-order chi connectivity index (χ0) is 31.8. The highest BCUT2D eigenvalue weighted by Crippen LogP contribution is 2.30. The molecule has 0 spiro atoms. The number of ether oxygens (including phenoxy) is 2. The molecule has 2 heterocycles. The largest absolute Gasteiger partial charge is 0.445 e. The lowest BCUT2D eigenvalue weighted by Gasteiger charge is -2.24. The molecule has 4 aromatic rings. The van der Waals surface area contributed by atoms with Gasteiger partial charge in [0.1, 0.15) is 12.2 Å². The van der Waals surface area contributed by atoms with Gasteiger partial charge in [-0.1, -0.05) is 85.8 Å². The lowest BCUT2D eigenvalue weighted by atomic mass is 9.89. The number of fused-ring (bicyclic) bond motifs is 1. The lowest BCUT2D eigenvalue weighted by molar-refractivity contribution is -0.134. The maximum atomic E-state index is 14.0. The van der Waals surface area contributed by atoms with Crippen molar-refractivity contribution in [2.75, 3.05) is 6.61 Å². The number of hydrogen-bond donors (Lipinski definition) is 3. The molecule has 45 heavy (non-hydrogen) atoms. The van der Waals surface area contributed by atoms with Crippen LogP contribution in [0.25, 0.3) is 10.9 Å². The number of Topliss-reactive ketones (excluding diaryl/α,β-unsaturated/α-hetero) is 2. The number of nitrogens with one attached hydrogen (secondary N) is 3. The van der Waals surface area contributed by atoms with E-state index in [1.807, 2.05) is 91.1 Å². The molecule has 0 bridgehead atoms. The van der Waals surface area contributed by atoms with E-state index in [9.17, 15) is 19.2 Å². The van der Waals surface area contributed by atoms with Crippen LogP contribution in [-0.2, 0) is 43.3 Å². The minimum Gasteiger partial charge on any atom is -0.445 e. The Kier molecular flexibility index (Phi) is 10.1. The van der Waals surface area contributed by atoms with Crippen molar-refractivity contribution in [3.63, 3.8) is 0 Å². The number of aromatic nitrogens is 1. The van der Waals surface area contributed by atoms with Gasteiger partial charge in [-0.05, 0) is 48.9 Å². The average Bonchev–Trinajstić information content (AvgIpc) is 3.69. The van der Waals surface area contributed by atoms with E-state index in [1.165, 1.54) is 0 Å². The molecule has 3 aromatic carbocycles. The highest BCUT2D eigenvalue weighted by atomic mass is 16.6. The van der Waals surface area contributed by atoms with Gasteiger partial charge in [-0.2, -0.15) is 0 Å². The number of carbonyl (C=O) groups is 4. The molecule has 1 saturated heterocycles. The van der Waals surface area contributed by atoms with E-state index in [1.54, 1.807) is 13.8 Å². The molecule has 2 amide bonds. The number of ketones is 2. The van der Waals surface area contributed by atoms with Crippen molar-refractivity contribution in [1.82, 2.24) is 15.6 Å². The van der Waals surface area contributed by atoms with Crippen LogP contribution in [0.2, 0.25) is 0 Å². The molecule has 1 aliphatic heterocycles. The number of para-hydroxylation sites is 1. The van der Waals surface area contributed by atoms with Crippen LogP contribution in [0.4, 0.5) is 4.79 Å². The summed E-state index contributed by atoms with van der Waals surface area (Å²) in [7, 11) is 0. The molecule has 234 valence electrons. The third kappa shape index (κ3) is 8.25. The van der Waals surface area contributed by atoms with Gasteiger partial charge < -0.3 is 25.1 Å². The number of aromatic amines is 1. The van der Waals surface area contributed by atoms with Gasteiger partial charge in [0.15, 0.2) is 11.6 Å². The van der Waals surface area contributed by atoms with E-state index in [-0.39, 0.29) is 31.0 Å². The van der Waals surface area contributed by atoms with E-state index >= 15 is 0 Å². The zero-order valence-corrected chi connectivity index (χ0v) is 25.6. The Hall–Kier alpha value is -4.76. The fourth-order valence-corrected chi connectivity index (χ4v) is 5.49. The first-order valence-corrected chi connectivity index (χ1v) is 15.3. The summed E-state index contributed by atoms with van der Waals surface area (Å²) in [5.74, 6) is -1.70. The monoisotopic (exact) mass is 609 g/mol. The standard InChI is InChI=1S/C36H39N3O6/c1-3-29(39-35(43)44-22-25-14-8-5-9-15-25)32(40)20-26(19-27-21-37-30-17-11-10-16-28(27)30)34(42)38-31(33(41)36(2)23-45-36)18-24-12-6-4-7-13-24/h4-17,21,26,29,31,37H,3,18-20,22-23H2,1-2H3,(H,38,42)(H,39,43)/t26-,29-,31+,36-/m1/s1. The summed E-state index contributed by atoms with van der Waals surface area (Å²) in [4.78, 5) is 56.9. The van der Waals surface area contributed by atoms with Gasteiger partial charge in [0.25, 0.3) is 0 Å². The van der Waals surface area contributed by atoms with Crippen LogP contribution in [0.5, 0.6) is 0 Å².